The summed E-state index contributed by atoms with van der Waals surface area (Å²) in [5.41, 5.74) is 2.76. The Morgan fingerprint density at radius 2 is 2.31 bits per heavy atom. The van der Waals surface area contributed by atoms with Crippen LogP contribution in [0.3, 0.4) is 0 Å². The summed E-state index contributed by atoms with van der Waals surface area (Å²) in [4.78, 5) is 25.4. The predicted octanol–water partition coefficient (Wildman–Crippen LogP) is 3.70. The van der Waals surface area contributed by atoms with Crippen molar-refractivity contribution in [3.05, 3.63) is 48.2 Å². The number of rotatable bonds is 5. The second-order valence-electron chi connectivity index (χ2n) is 6.85. The topological polar surface area (TPSA) is 91.2 Å². The van der Waals surface area contributed by atoms with E-state index in [1.54, 1.807) is 18.3 Å². The lowest BCUT2D eigenvalue weighted by Gasteiger charge is -2.12. The lowest BCUT2D eigenvalue weighted by atomic mass is 10.1. The average molecular weight is 393 g/mol. The fraction of sp³-hybridized carbons (Fsp3) is 0.333. The standard InChI is InChI=1S/C21H23N5O3/c1-4-13-11-26(17-9-18(22-10-16(13)17)24-21(27)28-3)19-8-15(5-2)23-20(25-19)14-6-7-29-12-14/h4,8-11,14H,1,5-7,12H2,2-3H3,(H,22,24,27). The van der Waals surface area contributed by atoms with Gasteiger partial charge in [-0.1, -0.05) is 19.6 Å². The molecule has 1 unspecified atom stereocenters. The molecule has 3 aromatic heterocycles. The number of hydrogen-bond acceptors (Lipinski definition) is 6. The van der Waals surface area contributed by atoms with E-state index in [1.165, 1.54) is 7.11 Å². The van der Waals surface area contributed by atoms with Crippen LogP contribution >= 0.6 is 0 Å². The number of aryl methyl sites for hydroxylation is 1. The van der Waals surface area contributed by atoms with Crippen molar-refractivity contribution in [3.63, 3.8) is 0 Å². The second kappa shape index (κ2) is 8.00. The Balaban J connectivity index is 1.85. The van der Waals surface area contributed by atoms with Crippen LogP contribution in [-0.4, -0.2) is 45.9 Å². The van der Waals surface area contributed by atoms with Gasteiger partial charge in [-0.3, -0.25) is 5.32 Å². The highest BCUT2D eigenvalue weighted by Crippen LogP contribution is 2.28. The van der Waals surface area contributed by atoms with Crippen LogP contribution in [0.4, 0.5) is 10.6 Å². The average Bonchev–Trinajstić information content (AvgIpc) is 3.41. The Morgan fingerprint density at radius 1 is 1.45 bits per heavy atom. The van der Waals surface area contributed by atoms with Crippen LogP contribution in [0, 0.1) is 0 Å². The van der Waals surface area contributed by atoms with Gasteiger partial charge in [-0.2, -0.15) is 0 Å². The molecule has 0 bridgehead atoms. The summed E-state index contributed by atoms with van der Waals surface area (Å²) >= 11 is 0. The van der Waals surface area contributed by atoms with E-state index in [0.29, 0.717) is 12.4 Å². The lowest BCUT2D eigenvalue weighted by molar-refractivity contribution is 0.187. The van der Waals surface area contributed by atoms with E-state index in [9.17, 15) is 4.79 Å². The summed E-state index contributed by atoms with van der Waals surface area (Å²) in [5, 5.41) is 3.52. The van der Waals surface area contributed by atoms with Crippen LogP contribution in [0.1, 0.15) is 36.3 Å². The Labute approximate surface area is 168 Å². The van der Waals surface area contributed by atoms with Crippen LogP contribution in [0.25, 0.3) is 22.8 Å². The van der Waals surface area contributed by atoms with Crippen molar-refractivity contribution in [1.82, 2.24) is 19.5 Å². The molecule has 1 fully saturated rings. The van der Waals surface area contributed by atoms with E-state index in [1.807, 2.05) is 16.8 Å². The molecule has 0 spiro atoms. The zero-order valence-electron chi connectivity index (χ0n) is 16.5. The largest absolute Gasteiger partial charge is 0.453 e. The van der Waals surface area contributed by atoms with Crippen LogP contribution in [0.2, 0.25) is 0 Å². The number of fused-ring (bicyclic) bond motifs is 1. The van der Waals surface area contributed by atoms with Gasteiger partial charge in [0.1, 0.15) is 17.5 Å². The number of aromatic nitrogens is 4. The van der Waals surface area contributed by atoms with Gasteiger partial charge in [0.15, 0.2) is 0 Å². The van der Waals surface area contributed by atoms with E-state index >= 15 is 0 Å². The fourth-order valence-electron chi connectivity index (χ4n) is 3.45. The molecule has 4 rings (SSSR count). The third-order valence-electron chi connectivity index (χ3n) is 5.04. The zero-order chi connectivity index (χ0) is 20.4. The van der Waals surface area contributed by atoms with Gasteiger partial charge < -0.3 is 14.0 Å². The maximum atomic E-state index is 11.6. The summed E-state index contributed by atoms with van der Waals surface area (Å²) in [6.07, 6.45) is 6.62. The molecule has 0 aromatic carbocycles. The number of nitrogens with one attached hydrogen (secondary N) is 1. The third-order valence-corrected chi connectivity index (χ3v) is 5.04. The molecule has 1 N–H and O–H groups in total. The summed E-state index contributed by atoms with van der Waals surface area (Å²) in [7, 11) is 1.31. The van der Waals surface area contributed by atoms with Crippen molar-refractivity contribution in [2.75, 3.05) is 25.6 Å². The molecule has 29 heavy (non-hydrogen) atoms. The molecule has 8 nitrogen and oxygen atoms in total. The minimum atomic E-state index is -0.572. The van der Waals surface area contributed by atoms with Gasteiger partial charge in [0, 0.05) is 53.7 Å². The van der Waals surface area contributed by atoms with Gasteiger partial charge >= 0.3 is 6.09 Å². The van der Waals surface area contributed by atoms with Crippen molar-refractivity contribution >= 4 is 28.9 Å². The number of nitrogens with zero attached hydrogens (tertiary/aromatic N) is 4. The van der Waals surface area contributed by atoms with Crippen molar-refractivity contribution < 1.29 is 14.3 Å². The minimum Gasteiger partial charge on any atom is -0.453 e. The van der Waals surface area contributed by atoms with E-state index in [2.05, 4.69) is 28.5 Å². The van der Waals surface area contributed by atoms with Crippen LogP contribution in [0.15, 0.2) is 31.1 Å². The zero-order valence-corrected chi connectivity index (χ0v) is 16.5. The number of methoxy groups -OCH3 is 1. The van der Waals surface area contributed by atoms with Crippen LogP contribution in [0.5, 0.6) is 0 Å². The maximum Gasteiger partial charge on any atom is 0.412 e. The van der Waals surface area contributed by atoms with Gasteiger partial charge in [-0.15, -0.1) is 0 Å². The van der Waals surface area contributed by atoms with Crippen molar-refractivity contribution in [3.8, 4) is 5.82 Å². The van der Waals surface area contributed by atoms with Gasteiger partial charge in [-0.25, -0.2) is 19.7 Å². The van der Waals surface area contributed by atoms with Gasteiger partial charge in [0.2, 0.25) is 0 Å². The Hall–Kier alpha value is -3.26. The van der Waals surface area contributed by atoms with Crippen molar-refractivity contribution in [1.29, 1.82) is 0 Å². The minimum absolute atomic E-state index is 0.208. The molecular formula is C21H23N5O3. The summed E-state index contributed by atoms with van der Waals surface area (Å²) < 4.78 is 12.2. The van der Waals surface area contributed by atoms with Crippen LogP contribution < -0.4 is 5.32 Å². The van der Waals surface area contributed by atoms with Crippen molar-refractivity contribution in [2.24, 2.45) is 0 Å². The van der Waals surface area contributed by atoms with E-state index in [-0.39, 0.29) is 5.92 Å². The first-order chi connectivity index (χ1) is 14.1. The molecule has 0 saturated carbocycles. The number of pyridine rings is 1. The summed E-state index contributed by atoms with van der Waals surface area (Å²) in [6.45, 7) is 7.37. The molecule has 1 atom stereocenters. The van der Waals surface area contributed by atoms with E-state index < -0.39 is 6.09 Å². The lowest BCUT2D eigenvalue weighted by Crippen LogP contribution is -2.12. The first kappa shape index (κ1) is 19.1. The molecule has 3 aromatic rings. The van der Waals surface area contributed by atoms with Gasteiger partial charge in [0.05, 0.1) is 19.2 Å². The number of carbonyl (C=O) groups is 1. The highest BCUT2D eigenvalue weighted by molar-refractivity contribution is 5.93. The normalized spacial score (nSPS) is 16.1. The molecule has 1 aliphatic rings. The number of amides is 1. The molecule has 150 valence electrons. The number of hydrogen-bond donors (Lipinski definition) is 1. The predicted molar refractivity (Wildman–Crippen MR) is 110 cm³/mol. The molecule has 0 aliphatic carbocycles. The van der Waals surface area contributed by atoms with Gasteiger partial charge in [-0.05, 0) is 12.8 Å². The Kier molecular flexibility index (Phi) is 5.26. The summed E-state index contributed by atoms with van der Waals surface area (Å²) in [6, 6.07) is 3.78. The number of carbonyl (C=O) groups excluding carboxylic acids is 1. The smallest absolute Gasteiger partial charge is 0.412 e. The third kappa shape index (κ3) is 3.71. The number of ether oxygens (including phenoxy) is 2. The maximum absolute atomic E-state index is 11.6. The van der Waals surface area contributed by atoms with E-state index in [0.717, 1.165) is 53.3 Å². The van der Waals surface area contributed by atoms with Crippen LogP contribution in [-0.2, 0) is 15.9 Å². The molecule has 8 heteroatoms. The summed E-state index contributed by atoms with van der Waals surface area (Å²) in [5.74, 6) is 2.18. The first-order valence-corrected chi connectivity index (χ1v) is 9.57. The fourth-order valence-corrected chi connectivity index (χ4v) is 3.45. The quantitative estimate of drug-likeness (QED) is 0.711. The Morgan fingerprint density at radius 3 is 3.00 bits per heavy atom. The molecule has 1 amide bonds. The molecular weight excluding hydrogens is 370 g/mol. The van der Waals surface area contributed by atoms with Crippen molar-refractivity contribution in [2.45, 2.75) is 25.7 Å². The molecule has 1 saturated heterocycles. The van der Waals surface area contributed by atoms with Gasteiger partial charge in [0.25, 0.3) is 0 Å². The molecule has 0 radical (unpaired) electrons. The first-order valence-electron chi connectivity index (χ1n) is 9.57. The SMILES string of the molecule is C=Cc1cn(-c2cc(CC)nc(C3CCOC3)n2)c2cc(NC(=O)OC)ncc12. The highest BCUT2D eigenvalue weighted by atomic mass is 16.5. The molecule has 4 heterocycles. The monoisotopic (exact) mass is 393 g/mol. The number of anilines is 1. The molecule has 1 aliphatic heterocycles. The Bertz CT molecular complexity index is 1070. The van der Waals surface area contributed by atoms with E-state index in [4.69, 9.17) is 14.7 Å². The highest BCUT2D eigenvalue weighted by Gasteiger charge is 2.22. The second-order valence-corrected chi connectivity index (χ2v) is 6.85.